The van der Waals surface area contributed by atoms with Crippen LogP contribution in [0.25, 0.3) is 0 Å². The number of likely N-dealkylation sites (tertiary alicyclic amines) is 1. The Balaban J connectivity index is 1.33. The number of carbonyl (C=O) groups excluding carboxylic acids is 1. The van der Waals surface area contributed by atoms with Crippen molar-refractivity contribution in [3.63, 3.8) is 0 Å². The molecule has 1 atom stereocenters. The van der Waals surface area contributed by atoms with Crippen molar-refractivity contribution in [3.8, 4) is 6.07 Å². The molecule has 3 aromatic carbocycles. The molecule has 2 saturated heterocycles. The minimum absolute atomic E-state index is 0.0986. The summed E-state index contributed by atoms with van der Waals surface area (Å²) in [6.45, 7) is 4.22. The number of amides is 1. The topological polar surface area (TPSA) is 56.6 Å². The summed E-state index contributed by atoms with van der Waals surface area (Å²) in [5.41, 5.74) is 2.63. The van der Waals surface area contributed by atoms with E-state index in [-0.39, 0.29) is 5.91 Å². The second kappa shape index (κ2) is 11.9. The van der Waals surface area contributed by atoms with Gasteiger partial charge in [-0.2, -0.15) is 5.26 Å². The van der Waals surface area contributed by atoms with Gasteiger partial charge in [0.2, 0.25) is 0 Å². The SMILES string of the molecule is N#Cc1cccc(C(=O)N2CCOC(CCN3CCC(c4ccccc4)CC3)(c3ccc(Cl)c(Cl)c3)C2)c1. The van der Waals surface area contributed by atoms with E-state index in [9.17, 15) is 10.1 Å². The third kappa shape index (κ3) is 5.90. The average Bonchev–Trinajstić information content (AvgIpc) is 2.98. The quantitative estimate of drug-likeness (QED) is 0.353. The molecule has 1 amide bonds. The number of piperidine rings is 1. The van der Waals surface area contributed by atoms with Crippen LogP contribution in [-0.2, 0) is 10.3 Å². The van der Waals surface area contributed by atoms with Crippen LogP contribution in [0.5, 0.6) is 0 Å². The van der Waals surface area contributed by atoms with Crippen molar-refractivity contribution in [1.82, 2.24) is 9.80 Å². The molecule has 0 N–H and O–H groups in total. The van der Waals surface area contributed by atoms with Gasteiger partial charge < -0.3 is 14.5 Å². The molecular formula is C31H31Cl2N3O2. The lowest BCUT2D eigenvalue weighted by atomic mass is 9.86. The summed E-state index contributed by atoms with van der Waals surface area (Å²) in [5.74, 6) is 0.498. The second-order valence-corrected chi connectivity index (χ2v) is 11.0. The monoisotopic (exact) mass is 547 g/mol. The third-order valence-corrected chi connectivity index (χ3v) is 8.59. The number of hydrogen-bond acceptors (Lipinski definition) is 4. The van der Waals surface area contributed by atoms with Gasteiger partial charge in [-0.25, -0.2) is 0 Å². The highest BCUT2D eigenvalue weighted by atomic mass is 35.5. The zero-order valence-corrected chi connectivity index (χ0v) is 22.8. The summed E-state index contributed by atoms with van der Waals surface area (Å²) < 4.78 is 6.51. The van der Waals surface area contributed by atoms with Gasteiger partial charge >= 0.3 is 0 Å². The van der Waals surface area contributed by atoms with Gasteiger partial charge in [0.05, 0.1) is 34.8 Å². The Labute approximate surface area is 234 Å². The molecule has 196 valence electrons. The number of halogens is 2. The van der Waals surface area contributed by atoms with Crippen LogP contribution >= 0.6 is 23.2 Å². The van der Waals surface area contributed by atoms with E-state index >= 15 is 0 Å². The summed E-state index contributed by atoms with van der Waals surface area (Å²) in [5, 5.41) is 10.3. The number of rotatable bonds is 6. The molecule has 0 aliphatic carbocycles. The van der Waals surface area contributed by atoms with E-state index in [1.54, 1.807) is 30.3 Å². The molecular weight excluding hydrogens is 517 g/mol. The molecule has 7 heteroatoms. The van der Waals surface area contributed by atoms with Crippen LogP contribution in [0.3, 0.4) is 0 Å². The molecule has 0 bridgehead atoms. The van der Waals surface area contributed by atoms with Gasteiger partial charge in [-0.3, -0.25) is 4.79 Å². The molecule has 0 radical (unpaired) electrons. The van der Waals surface area contributed by atoms with Crippen LogP contribution in [-0.4, -0.2) is 55.0 Å². The number of benzene rings is 3. The molecule has 38 heavy (non-hydrogen) atoms. The van der Waals surface area contributed by atoms with E-state index in [0.717, 1.165) is 44.5 Å². The first-order chi connectivity index (χ1) is 18.5. The smallest absolute Gasteiger partial charge is 0.254 e. The first-order valence-electron chi connectivity index (χ1n) is 13.1. The number of morpholine rings is 1. The average molecular weight is 549 g/mol. The van der Waals surface area contributed by atoms with Gasteiger partial charge in [0.1, 0.15) is 5.60 Å². The summed E-state index contributed by atoms with van der Waals surface area (Å²) in [7, 11) is 0. The van der Waals surface area contributed by atoms with Gasteiger partial charge in [0, 0.05) is 18.7 Å². The largest absolute Gasteiger partial charge is 0.367 e. The molecule has 0 aromatic heterocycles. The number of nitrogens with zero attached hydrogens (tertiary/aromatic N) is 3. The summed E-state index contributed by atoms with van der Waals surface area (Å²) in [6, 6.07) is 25.4. The fourth-order valence-electron chi connectivity index (χ4n) is 5.67. The highest BCUT2D eigenvalue weighted by Crippen LogP contribution is 2.38. The molecule has 2 aliphatic heterocycles. The Bertz CT molecular complexity index is 1320. The van der Waals surface area contributed by atoms with Gasteiger partial charge in [-0.05, 0) is 79.7 Å². The highest BCUT2D eigenvalue weighted by molar-refractivity contribution is 6.42. The van der Waals surface area contributed by atoms with Crippen LogP contribution in [0.2, 0.25) is 10.0 Å². The lowest BCUT2D eigenvalue weighted by molar-refractivity contribution is -0.113. The normalized spacial score (nSPS) is 20.7. The lowest BCUT2D eigenvalue weighted by Gasteiger charge is -2.44. The standard InChI is InChI=1S/C31H31Cl2N3O2/c32-28-10-9-27(20-29(28)33)31(13-16-35-14-11-25(12-15-35)24-6-2-1-3-7-24)22-36(17-18-38-31)30(37)26-8-4-5-23(19-26)21-34/h1-10,19-20,25H,11-18,22H2. The summed E-state index contributed by atoms with van der Waals surface area (Å²) in [6.07, 6.45) is 2.98. The number of carbonyl (C=O) groups is 1. The zero-order chi connectivity index (χ0) is 26.5. The van der Waals surface area contributed by atoms with E-state index in [4.69, 9.17) is 27.9 Å². The van der Waals surface area contributed by atoms with Gasteiger partial charge in [0.25, 0.3) is 5.91 Å². The van der Waals surface area contributed by atoms with Crippen LogP contribution < -0.4 is 0 Å². The second-order valence-electron chi connectivity index (χ2n) is 10.2. The summed E-state index contributed by atoms with van der Waals surface area (Å²) in [4.78, 5) is 17.8. The fraction of sp³-hybridized carbons (Fsp3) is 0.355. The number of ether oxygens (including phenoxy) is 1. The van der Waals surface area contributed by atoms with E-state index in [0.29, 0.717) is 46.8 Å². The molecule has 0 saturated carbocycles. The minimum Gasteiger partial charge on any atom is -0.367 e. The maximum atomic E-state index is 13.5. The van der Waals surface area contributed by atoms with Gasteiger partial charge in [-0.15, -0.1) is 0 Å². The zero-order valence-electron chi connectivity index (χ0n) is 21.3. The van der Waals surface area contributed by atoms with Crippen molar-refractivity contribution in [1.29, 1.82) is 5.26 Å². The first kappa shape index (κ1) is 26.7. The number of nitriles is 1. The predicted octanol–water partition coefficient (Wildman–Crippen LogP) is 6.50. The molecule has 0 spiro atoms. The Morgan fingerprint density at radius 1 is 0.974 bits per heavy atom. The Hall–Kier alpha value is -2.88. The summed E-state index contributed by atoms with van der Waals surface area (Å²) >= 11 is 12.7. The lowest BCUT2D eigenvalue weighted by Crippen LogP contribution is -2.53. The highest BCUT2D eigenvalue weighted by Gasteiger charge is 2.41. The van der Waals surface area contributed by atoms with Crippen LogP contribution in [0.4, 0.5) is 0 Å². The van der Waals surface area contributed by atoms with Crippen LogP contribution in [0, 0.1) is 11.3 Å². The molecule has 5 rings (SSSR count). The van der Waals surface area contributed by atoms with Crippen molar-refractivity contribution >= 4 is 29.1 Å². The Kier molecular flexibility index (Phi) is 8.35. The van der Waals surface area contributed by atoms with E-state index < -0.39 is 5.60 Å². The third-order valence-electron chi connectivity index (χ3n) is 7.85. The predicted molar refractivity (Wildman–Crippen MR) is 151 cm³/mol. The first-order valence-corrected chi connectivity index (χ1v) is 13.9. The number of hydrogen-bond donors (Lipinski definition) is 0. The van der Waals surface area contributed by atoms with Crippen molar-refractivity contribution in [2.24, 2.45) is 0 Å². The van der Waals surface area contributed by atoms with Gasteiger partial charge in [0.15, 0.2) is 0 Å². The van der Waals surface area contributed by atoms with E-state index in [1.165, 1.54) is 5.56 Å². The van der Waals surface area contributed by atoms with Gasteiger partial charge in [-0.1, -0.05) is 65.7 Å². The molecule has 1 unspecified atom stereocenters. The van der Waals surface area contributed by atoms with Crippen molar-refractivity contribution in [2.75, 3.05) is 39.3 Å². The maximum Gasteiger partial charge on any atom is 0.254 e. The van der Waals surface area contributed by atoms with Crippen LogP contribution in [0.1, 0.15) is 52.2 Å². The van der Waals surface area contributed by atoms with E-state index in [1.807, 2.05) is 17.0 Å². The molecule has 2 heterocycles. The van der Waals surface area contributed by atoms with Crippen LogP contribution in [0.15, 0.2) is 72.8 Å². The van der Waals surface area contributed by atoms with Crippen molar-refractivity contribution < 1.29 is 9.53 Å². The molecule has 5 nitrogen and oxygen atoms in total. The fourth-order valence-corrected chi connectivity index (χ4v) is 5.96. The van der Waals surface area contributed by atoms with E-state index in [2.05, 4.69) is 41.3 Å². The molecule has 2 fully saturated rings. The Morgan fingerprint density at radius 3 is 2.50 bits per heavy atom. The minimum atomic E-state index is -0.703. The maximum absolute atomic E-state index is 13.5. The van der Waals surface area contributed by atoms with Crippen molar-refractivity contribution in [3.05, 3.63) is 105 Å². The molecule has 3 aromatic rings. The van der Waals surface area contributed by atoms with Crippen molar-refractivity contribution in [2.45, 2.75) is 30.8 Å². The Morgan fingerprint density at radius 2 is 1.76 bits per heavy atom. The molecule has 2 aliphatic rings.